The van der Waals surface area contributed by atoms with Crippen molar-refractivity contribution in [2.45, 2.75) is 46.8 Å². The van der Waals surface area contributed by atoms with Crippen LogP contribution >= 0.6 is 0 Å². The van der Waals surface area contributed by atoms with Gasteiger partial charge in [-0.15, -0.1) is 0 Å². The van der Waals surface area contributed by atoms with Crippen LogP contribution < -0.4 is 10.5 Å². The lowest BCUT2D eigenvalue weighted by atomic mass is 10.0. The van der Waals surface area contributed by atoms with Crippen LogP contribution in [0.3, 0.4) is 0 Å². The van der Waals surface area contributed by atoms with Gasteiger partial charge in [0.05, 0.1) is 0 Å². The number of nitrogens with two attached hydrogens (primary N) is 1. The minimum atomic E-state index is 0.0291. The van der Waals surface area contributed by atoms with Gasteiger partial charge in [-0.25, -0.2) is 0 Å². The average Bonchev–Trinajstić information content (AvgIpc) is 2.45. The first-order chi connectivity index (χ1) is 10.0. The van der Waals surface area contributed by atoms with Crippen molar-refractivity contribution in [1.82, 2.24) is 0 Å². The zero-order valence-corrected chi connectivity index (χ0v) is 13.4. The Balaban J connectivity index is 2.21. The summed E-state index contributed by atoms with van der Waals surface area (Å²) in [5.74, 6) is 0.895. The highest BCUT2D eigenvalue weighted by Crippen LogP contribution is 2.27. The predicted molar refractivity (Wildman–Crippen MR) is 88.6 cm³/mol. The van der Waals surface area contributed by atoms with Crippen LogP contribution in [0, 0.1) is 20.8 Å². The summed E-state index contributed by atoms with van der Waals surface area (Å²) in [6, 6.07) is 12.5. The normalized spacial score (nSPS) is 12.2. The molecule has 2 heteroatoms. The van der Waals surface area contributed by atoms with Gasteiger partial charge in [-0.3, -0.25) is 0 Å². The SMILES string of the molecule is CCC(N)c1ccccc1OCc1c(C)cc(C)cc1C. The Morgan fingerprint density at radius 3 is 2.29 bits per heavy atom. The maximum atomic E-state index is 6.16. The molecule has 0 amide bonds. The number of hydrogen-bond acceptors (Lipinski definition) is 2. The van der Waals surface area contributed by atoms with Crippen molar-refractivity contribution in [3.8, 4) is 5.75 Å². The van der Waals surface area contributed by atoms with Crippen LogP contribution in [0.4, 0.5) is 0 Å². The summed E-state index contributed by atoms with van der Waals surface area (Å²) in [5, 5.41) is 0. The third-order valence-corrected chi connectivity index (χ3v) is 3.97. The Morgan fingerprint density at radius 1 is 1.05 bits per heavy atom. The van der Waals surface area contributed by atoms with Gasteiger partial charge < -0.3 is 10.5 Å². The lowest BCUT2D eigenvalue weighted by molar-refractivity contribution is 0.299. The zero-order chi connectivity index (χ0) is 15.4. The van der Waals surface area contributed by atoms with Crippen LogP contribution in [-0.2, 0) is 6.61 Å². The topological polar surface area (TPSA) is 35.2 Å². The van der Waals surface area contributed by atoms with Crippen LogP contribution in [0.25, 0.3) is 0 Å². The quantitative estimate of drug-likeness (QED) is 0.870. The first kappa shape index (κ1) is 15.6. The number of aryl methyl sites for hydroxylation is 3. The summed E-state index contributed by atoms with van der Waals surface area (Å²) in [6.07, 6.45) is 0.906. The number of benzene rings is 2. The van der Waals surface area contributed by atoms with Crippen molar-refractivity contribution < 1.29 is 4.74 Å². The van der Waals surface area contributed by atoms with Gasteiger partial charge >= 0.3 is 0 Å². The van der Waals surface area contributed by atoms with E-state index in [1.807, 2.05) is 18.2 Å². The summed E-state index contributed by atoms with van der Waals surface area (Å²) in [5.41, 5.74) is 12.4. The van der Waals surface area contributed by atoms with Gasteiger partial charge in [-0.05, 0) is 49.9 Å². The Bertz CT molecular complexity index is 596. The lowest BCUT2D eigenvalue weighted by Crippen LogP contribution is -2.11. The highest BCUT2D eigenvalue weighted by Gasteiger charge is 2.11. The molecule has 2 rings (SSSR count). The van der Waals surface area contributed by atoms with Gasteiger partial charge in [0.25, 0.3) is 0 Å². The van der Waals surface area contributed by atoms with E-state index in [9.17, 15) is 0 Å². The average molecular weight is 283 g/mol. The molecule has 2 aromatic carbocycles. The van der Waals surface area contributed by atoms with Gasteiger partial charge in [-0.2, -0.15) is 0 Å². The molecule has 0 spiro atoms. The van der Waals surface area contributed by atoms with Gasteiger partial charge in [-0.1, -0.05) is 42.8 Å². The van der Waals surface area contributed by atoms with Crippen LogP contribution in [0.15, 0.2) is 36.4 Å². The molecule has 0 saturated carbocycles. The molecule has 0 fully saturated rings. The van der Waals surface area contributed by atoms with Gasteiger partial charge in [0.15, 0.2) is 0 Å². The second kappa shape index (κ2) is 6.77. The molecule has 21 heavy (non-hydrogen) atoms. The molecule has 0 aromatic heterocycles. The number of para-hydroxylation sites is 1. The van der Waals surface area contributed by atoms with E-state index in [-0.39, 0.29) is 6.04 Å². The van der Waals surface area contributed by atoms with Crippen LogP contribution in [0.1, 0.15) is 47.2 Å². The summed E-state index contributed by atoms with van der Waals surface area (Å²) >= 11 is 0. The van der Waals surface area contributed by atoms with Crippen LogP contribution in [0.5, 0.6) is 5.75 Å². The Morgan fingerprint density at radius 2 is 1.67 bits per heavy atom. The predicted octanol–water partition coefficient (Wildman–Crippen LogP) is 4.60. The smallest absolute Gasteiger partial charge is 0.124 e. The third kappa shape index (κ3) is 3.64. The van der Waals surface area contributed by atoms with E-state index in [0.29, 0.717) is 6.61 Å². The molecule has 1 unspecified atom stereocenters. The molecule has 0 bridgehead atoms. The van der Waals surface area contributed by atoms with Gasteiger partial charge in [0.1, 0.15) is 12.4 Å². The molecule has 1 atom stereocenters. The highest BCUT2D eigenvalue weighted by atomic mass is 16.5. The standard InChI is InChI=1S/C19H25NO/c1-5-18(20)16-8-6-7-9-19(16)21-12-17-14(3)10-13(2)11-15(17)4/h6-11,18H,5,12,20H2,1-4H3. The fourth-order valence-electron chi connectivity index (χ4n) is 2.73. The third-order valence-electron chi connectivity index (χ3n) is 3.97. The Kier molecular flexibility index (Phi) is 5.03. The van der Waals surface area contributed by atoms with E-state index in [1.165, 1.54) is 22.3 Å². The molecule has 0 saturated heterocycles. The first-order valence-electron chi connectivity index (χ1n) is 7.57. The monoisotopic (exact) mass is 283 g/mol. The lowest BCUT2D eigenvalue weighted by Gasteiger charge is -2.17. The summed E-state index contributed by atoms with van der Waals surface area (Å²) in [4.78, 5) is 0. The van der Waals surface area contributed by atoms with Crippen molar-refractivity contribution in [2.24, 2.45) is 5.73 Å². The number of ether oxygens (including phenoxy) is 1. The van der Waals surface area contributed by atoms with Crippen LogP contribution in [-0.4, -0.2) is 0 Å². The maximum absolute atomic E-state index is 6.16. The van der Waals surface area contributed by atoms with Crippen LogP contribution in [0.2, 0.25) is 0 Å². The summed E-state index contributed by atoms with van der Waals surface area (Å²) < 4.78 is 6.07. The minimum absolute atomic E-state index is 0.0291. The highest BCUT2D eigenvalue weighted by molar-refractivity contribution is 5.39. The molecule has 2 nitrogen and oxygen atoms in total. The van der Waals surface area contributed by atoms with E-state index in [0.717, 1.165) is 17.7 Å². The Labute approximate surface area is 127 Å². The molecular formula is C19H25NO. The molecule has 0 aliphatic heterocycles. The van der Waals surface area contributed by atoms with E-state index in [4.69, 9.17) is 10.5 Å². The van der Waals surface area contributed by atoms with Crippen molar-refractivity contribution in [3.05, 3.63) is 64.2 Å². The van der Waals surface area contributed by atoms with Crippen molar-refractivity contribution in [3.63, 3.8) is 0 Å². The number of hydrogen-bond donors (Lipinski definition) is 1. The van der Waals surface area contributed by atoms with Crippen molar-refractivity contribution in [1.29, 1.82) is 0 Å². The summed E-state index contributed by atoms with van der Waals surface area (Å²) in [7, 11) is 0. The summed E-state index contributed by atoms with van der Waals surface area (Å²) in [6.45, 7) is 9.09. The first-order valence-corrected chi connectivity index (χ1v) is 7.57. The molecule has 0 radical (unpaired) electrons. The molecule has 112 valence electrons. The molecule has 0 heterocycles. The van der Waals surface area contributed by atoms with E-state index >= 15 is 0 Å². The fraction of sp³-hybridized carbons (Fsp3) is 0.368. The minimum Gasteiger partial charge on any atom is -0.489 e. The Hall–Kier alpha value is -1.80. The largest absolute Gasteiger partial charge is 0.489 e. The number of rotatable bonds is 5. The van der Waals surface area contributed by atoms with E-state index < -0.39 is 0 Å². The molecule has 0 aliphatic rings. The van der Waals surface area contributed by atoms with E-state index in [1.54, 1.807) is 0 Å². The molecule has 0 aliphatic carbocycles. The second-order valence-corrected chi connectivity index (χ2v) is 5.72. The second-order valence-electron chi connectivity index (χ2n) is 5.72. The van der Waals surface area contributed by atoms with E-state index in [2.05, 4.69) is 45.9 Å². The fourth-order valence-corrected chi connectivity index (χ4v) is 2.73. The molecule has 2 N–H and O–H groups in total. The van der Waals surface area contributed by atoms with Crippen molar-refractivity contribution in [2.75, 3.05) is 0 Å². The van der Waals surface area contributed by atoms with Crippen molar-refractivity contribution >= 4 is 0 Å². The van der Waals surface area contributed by atoms with Gasteiger partial charge in [0.2, 0.25) is 0 Å². The van der Waals surface area contributed by atoms with Gasteiger partial charge in [0, 0.05) is 11.6 Å². The maximum Gasteiger partial charge on any atom is 0.124 e. The molecule has 2 aromatic rings. The zero-order valence-electron chi connectivity index (χ0n) is 13.4. The molecular weight excluding hydrogens is 258 g/mol.